The van der Waals surface area contributed by atoms with Crippen molar-refractivity contribution in [1.82, 2.24) is 0 Å². The minimum atomic E-state index is -4.47. The van der Waals surface area contributed by atoms with Crippen LogP contribution in [0.3, 0.4) is 0 Å². The van der Waals surface area contributed by atoms with E-state index in [1.807, 2.05) is 42.5 Å². The number of carbonyl (C=O) groups is 1. The van der Waals surface area contributed by atoms with Gasteiger partial charge in [-0.1, -0.05) is 160 Å². The molecule has 7 nitrogen and oxygen atoms in total. The summed E-state index contributed by atoms with van der Waals surface area (Å²) in [6.45, 7) is 18.5. The molecule has 0 amide bonds. The molecule has 8 aliphatic rings. The Balaban J connectivity index is 0.000000106. The molecule has 5 aromatic heterocycles. The highest BCUT2D eigenvalue weighted by Gasteiger charge is 2.57. The molecule has 0 N–H and O–H groups in total. The van der Waals surface area contributed by atoms with Crippen LogP contribution in [-0.4, -0.2) is 37.7 Å². The Morgan fingerprint density at radius 2 is 0.705 bits per heavy atom. The third kappa shape index (κ3) is 18.6. The van der Waals surface area contributed by atoms with Crippen LogP contribution in [0.2, 0.25) is 0 Å². The first-order valence-electron chi connectivity index (χ1n) is 49.7. The summed E-state index contributed by atoms with van der Waals surface area (Å²) < 4.78 is 82.0. The standard InChI is InChI=1S/C33H35O3S.C31H33O2S.C26H29OS.C20H12F3OS.C14H11S/c1-20-12-26(37-29-10-6-4-8-27(29)28-9-5-7-11-30(28)37)13-21(2)32(20)35-19-31(34)36-33(3)24-15-22-14-23(17-24)18-25(33)16-22;1-19-11-25(34-28-9-5-3-7-26(28)27-8-4-6-10-29(27)34)12-20(2)30(19)32-18-33-31-23-14-21-13-22(16-23)17-24(31)15-21;1-4-5-6-11-16-27-26-19(2)17-21(18-20(26)3)28-24-14-9-7-12-22(24)23-13-8-10-15-25(23)28;21-20(22,23)13-10-11-18-16(12-13)19(24)15-8-4-5-9-17(15)25(18)14-6-2-1-3-7-14;1-2-7-13(8-3-1)15-11-10-12-6-4-5-9-14(12)15/h4-13,22-25H,14-19H2,1-3H3;3-12,21-24,31H,13-18H2,1-2H3;7-10,12-15,17-18H,4-6,11,16H2,1-3H3;1-12H;1-11H/q5*+1. The highest BCUT2D eigenvalue weighted by atomic mass is 32.2. The summed E-state index contributed by atoms with van der Waals surface area (Å²) in [5.74, 6) is 8.91. The first-order valence-corrected chi connectivity index (χ1v) is 55.9. The number of fused-ring (bicyclic) bond motifs is 12. The number of thiophene rings is 4. The van der Waals surface area contributed by atoms with Gasteiger partial charge in [0.1, 0.15) is 28.2 Å². The van der Waals surface area contributed by atoms with Crippen molar-refractivity contribution in [3.05, 3.63) is 370 Å². The molecule has 0 aliphatic heterocycles. The van der Waals surface area contributed by atoms with Crippen LogP contribution in [0.5, 0.6) is 17.2 Å². The Hall–Kier alpha value is -11.8. The molecule has 8 aliphatic carbocycles. The minimum absolute atomic E-state index is 0.0275. The number of unbranched alkanes of at least 4 members (excludes halogenated alkanes) is 3. The molecular formula is C124H120F3O7S5+5. The number of carbonyl (C=O) groups excluding carboxylic acids is 1. The molecule has 2 unspecified atom stereocenters. The summed E-state index contributed by atoms with van der Waals surface area (Å²) in [6, 6.07) is 109. The summed E-state index contributed by atoms with van der Waals surface area (Å²) >= 11 is 0. The molecule has 15 heteroatoms. The average molecular weight is 1940 g/mol. The third-order valence-corrected chi connectivity index (χ3v) is 41.7. The molecule has 704 valence electrons. The largest absolute Gasteiger partial charge is 0.493 e. The Morgan fingerprint density at radius 3 is 1.13 bits per heavy atom. The number of benzene rings is 14. The number of alkyl halides is 3. The lowest BCUT2D eigenvalue weighted by molar-refractivity contribution is -0.204. The number of hydrogen-bond donors (Lipinski definition) is 0. The Morgan fingerprint density at radius 1 is 0.353 bits per heavy atom. The first kappa shape index (κ1) is 93.5. The van der Waals surface area contributed by atoms with Gasteiger partial charge in [-0.2, -0.15) is 13.2 Å². The molecule has 139 heavy (non-hydrogen) atoms. The molecule has 19 aromatic rings. The van der Waals surface area contributed by atoms with E-state index in [2.05, 4.69) is 303 Å². The molecule has 8 fully saturated rings. The molecule has 0 spiro atoms. The van der Waals surface area contributed by atoms with Crippen molar-refractivity contribution >= 4 is 149 Å². The third-order valence-electron chi connectivity index (χ3n) is 30.4. The number of esters is 1. The van der Waals surface area contributed by atoms with E-state index < -0.39 is 22.2 Å². The van der Waals surface area contributed by atoms with Crippen molar-refractivity contribution in [3.8, 4) is 41.7 Å². The van der Waals surface area contributed by atoms with Crippen LogP contribution < -0.4 is 19.6 Å². The molecule has 27 rings (SSSR count). The van der Waals surface area contributed by atoms with E-state index in [4.69, 9.17) is 23.7 Å². The number of halogens is 3. The second kappa shape index (κ2) is 40.1. The minimum Gasteiger partial charge on any atom is -0.493 e. The SMILES string of the molecule is CCCCCCOc1c(C)cc(-[s+]2c3ccccc3c3ccccc32)cc1C.Cc1cc(-[s+]2c3ccccc3c3ccccc32)cc(C)c1OCC(=O)OC1(C)C2CC3CC(C2)CC1C3.Cc1cc(-[s+]2c3ccccc3c3ccccc32)cc(C)c1OCOC1C2CC3CC(C2)CC1C3.O=c1c2ccccc2[s+](-c2ccccc2)c2ccc(C(F)(F)F)cc12.c1ccc(-[s+]2ccc3ccccc32)cc1. The maximum Gasteiger partial charge on any atom is 0.416 e. The predicted octanol–water partition coefficient (Wildman–Crippen LogP) is 36.0. The Kier molecular flexibility index (Phi) is 27.0. The van der Waals surface area contributed by atoms with E-state index >= 15 is 0 Å². The summed E-state index contributed by atoms with van der Waals surface area (Å²) in [7, 11) is -0.693. The maximum absolute atomic E-state index is 13.1. The number of rotatable bonds is 19. The maximum atomic E-state index is 13.1. The van der Waals surface area contributed by atoms with Crippen LogP contribution in [0, 0.1) is 88.9 Å². The van der Waals surface area contributed by atoms with Crippen LogP contribution in [0.25, 0.3) is 115 Å². The van der Waals surface area contributed by atoms with Crippen LogP contribution in [0.15, 0.2) is 326 Å². The van der Waals surface area contributed by atoms with Crippen LogP contribution in [0.4, 0.5) is 13.2 Å². The van der Waals surface area contributed by atoms with Gasteiger partial charge >= 0.3 is 12.1 Å². The normalized spacial score (nSPS) is 20.1. The number of ether oxygens (including phenoxy) is 5. The summed E-state index contributed by atoms with van der Waals surface area (Å²) in [5, 5.41) is 12.5. The predicted molar refractivity (Wildman–Crippen MR) is 583 cm³/mol. The summed E-state index contributed by atoms with van der Waals surface area (Å²) in [6.07, 6.45) is 14.2. The highest BCUT2D eigenvalue weighted by molar-refractivity contribution is 7.51. The van der Waals surface area contributed by atoms with Crippen molar-refractivity contribution in [2.45, 2.75) is 163 Å². The van der Waals surface area contributed by atoms with Crippen molar-refractivity contribution in [2.75, 3.05) is 20.0 Å². The second-order valence-corrected chi connectivity index (χ2v) is 49.4. The van der Waals surface area contributed by atoms with Crippen molar-refractivity contribution < 1.29 is 41.7 Å². The van der Waals surface area contributed by atoms with Crippen LogP contribution in [-0.2, 0) is 20.4 Å². The average Bonchev–Trinajstić information content (AvgIpc) is 1.73. The quantitative estimate of drug-likeness (QED) is 0.0262. The highest BCUT2D eigenvalue weighted by Crippen LogP contribution is 2.61. The topological polar surface area (TPSA) is 80.3 Å². The monoisotopic (exact) mass is 1940 g/mol. The molecule has 14 aromatic carbocycles. The summed E-state index contributed by atoms with van der Waals surface area (Å²) in [4.78, 5) is 32.3. The fourth-order valence-electron chi connectivity index (χ4n) is 24.6. The van der Waals surface area contributed by atoms with E-state index in [1.54, 1.807) is 12.1 Å². The van der Waals surface area contributed by atoms with Gasteiger partial charge in [-0.3, -0.25) is 4.79 Å². The van der Waals surface area contributed by atoms with E-state index in [1.165, 1.54) is 202 Å². The van der Waals surface area contributed by atoms with E-state index in [-0.39, 0.29) is 70.9 Å². The van der Waals surface area contributed by atoms with Crippen LogP contribution in [0.1, 0.15) is 143 Å². The zero-order valence-corrected chi connectivity index (χ0v) is 84.4. The van der Waals surface area contributed by atoms with E-state index in [0.29, 0.717) is 34.8 Å². The van der Waals surface area contributed by atoms with Crippen LogP contribution >= 0.6 is 52.3 Å². The number of aryl methyl sites for hydroxylation is 6. The molecule has 0 saturated heterocycles. The molecule has 2 atom stereocenters. The molecule has 0 radical (unpaired) electrons. The zero-order valence-electron chi connectivity index (χ0n) is 80.3. The molecule has 8 bridgehead atoms. The van der Waals surface area contributed by atoms with E-state index in [9.17, 15) is 22.8 Å². The molecular weight excluding hydrogens is 1820 g/mol. The second-order valence-electron chi connectivity index (χ2n) is 39.7. The number of hydrogen-bond acceptors (Lipinski definition) is 7. The smallest absolute Gasteiger partial charge is 0.416 e. The van der Waals surface area contributed by atoms with Crippen molar-refractivity contribution in [2.24, 2.45) is 47.3 Å². The first-order chi connectivity index (χ1) is 67.7. The fourth-order valence-corrected chi connectivity index (χ4v) is 36.5. The molecule has 5 heterocycles. The Labute approximate surface area is 826 Å². The van der Waals surface area contributed by atoms with Crippen molar-refractivity contribution in [3.63, 3.8) is 0 Å². The lowest BCUT2D eigenvalue weighted by Gasteiger charge is -2.59. The van der Waals surface area contributed by atoms with Gasteiger partial charge in [0.05, 0.1) is 29.0 Å². The van der Waals surface area contributed by atoms with Gasteiger partial charge in [0.2, 0.25) is 5.43 Å². The zero-order chi connectivity index (χ0) is 95.3. The van der Waals surface area contributed by atoms with Gasteiger partial charge in [0.15, 0.2) is 80.2 Å². The summed E-state index contributed by atoms with van der Waals surface area (Å²) in [5.41, 5.74) is 5.59. The van der Waals surface area contributed by atoms with Gasteiger partial charge in [0.25, 0.3) is 0 Å². The van der Waals surface area contributed by atoms with Crippen molar-refractivity contribution in [1.29, 1.82) is 0 Å². The van der Waals surface area contributed by atoms with Gasteiger partial charge in [-0.05, 0) is 339 Å². The molecule has 8 saturated carbocycles. The fraction of sp³-hybridized carbons (Fsp3) is 0.290. The Bertz CT molecular complexity index is 7570. The van der Waals surface area contributed by atoms with Gasteiger partial charge < -0.3 is 23.7 Å². The van der Waals surface area contributed by atoms with E-state index in [0.717, 1.165) is 98.6 Å². The van der Waals surface area contributed by atoms with Gasteiger partial charge in [-0.25, -0.2) is 4.79 Å². The van der Waals surface area contributed by atoms with Gasteiger partial charge in [0, 0.05) is 133 Å². The van der Waals surface area contributed by atoms with Gasteiger partial charge in [-0.15, -0.1) is 0 Å². The lowest BCUT2D eigenvalue weighted by atomic mass is 9.50. The lowest BCUT2D eigenvalue weighted by Crippen LogP contribution is -2.58.